The number of amides is 1. The number of aliphatic hydroxyl groups excluding tert-OH is 1. The molecule has 1 aromatic rings. The third-order valence-corrected chi connectivity index (χ3v) is 3.20. The van der Waals surface area contributed by atoms with Gasteiger partial charge in [0.15, 0.2) is 0 Å². The molecule has 1 heterocycles. The van der Waals surface area contributed by atoms with E-state index in [-0.39, 0.29) is 12.6 Å². The highest BCUT2D eigenvalue weighted by atomic mass is 16.4. The summed E-state index contributed by atoms with van der Waals surface area (Å²) in [7, 11) is 0. The molecule has 4 N–H and O–H groups in total. The molecule has 1 amide bonds. The molecular formula is C12H17N3O3. The summed E-state index contributed by atoms with van der Waals surface area (Å²) in [6.07, 6.45) is -0.981. The zero-order valence-electron chi connectivity index (χ0n) is 9.99. The lowest BCUT2D eigenvalue weighted by molar-refractivity contribution is 0.0910. The largest absolute Gasteiger partial charge is 0.465 e. The topological polar surface area (TPSA) is 90.0 Å². The molecule has 1 saturated heterocycles. The highest BCUT2D eigenvalue weighted by Gasteiger charge is 2.29. The Morgan fingerprint density at radius 2 is 2.00 bits per heavy atom. The lowest BCUT2D eigenvalue weighted by atomic mass is 10.1. The third-order valence-electron chi connectivity index (χ3n) is 3.20. The Labute approximate surface area is 105 Å². The van der Waals surface area contributed by atoms with E-state index in [4.69, 9.17) is 10.8 Å². The van der Waals surface area contributed by atoms with Crippen LogP contribution in [0.3, 0.4) is 0 Å². The number of carboxylic acid groups (broad SMARTS) is 1. The average molecular weight is 251 g/mol. The van der Waals surface area contributed by atoms with E-state index in [0.29, 0.717) is 25.3 Å². The second kappa shape index (κ2) is 5.14. The first-order chi connectivity index (χ1) is 8.61. The number of benzene rings is 1. The van der Waals surface area contributed by atoms with Gasteiger partial charge in [0.05, 0.1) is 12.6 Å². The molecule has 0 spiro atoms. The fourth-order valence-corrected chi connectivity index (χ4v) is 2.18. The molecule has 1 fully saturated rings. The Bertz CT molecular complexity index is 421. The van der Waals surface area contributed by atoms with Gasteiger partial charge < -0.3 is 20.8 Å². The summed E-state index contributed by atoms with van der Waals surface area (Å²) in [6.45, 7) is 1.34. The Morgan fingerprint density at radius 3 is 2.56 bits per heavy atom. The van der Waals surface area contributed by atoms with E-state index in [1.165, 1.54) is 4.90 Å². The molecule has 0 aliphatic carbocycles. The predicted octanol–water partition coefficient (Wildman–Crippen LogP) is 0.430. The maximum absolute atomic E-state index is 11.0. The molecule has 1 atom stereocenters. The highest BCUT2D eigenvalue weighted by molar-refractivity contribution is 5.66. The van der Waals surface area contributed by atoms with Gasteiger partial charge in [0.2, 0.25) is 0 Å². The molecule has 1 aliphatic heterocycles. The number of hydrogen-bond donors (Lipinski definition) is 3. The fraction of sp³-hybridized carbons (Fsp3) is 0.417. The summed E-state index contributed by atoms with van der Waals surface area (Å²) in [5.74, 6) is 0. The van der Waals surface area contributed by atoms with E-state index in [9.17, 15) is 9.90 Å². The van der Waals surface area contributed by atoms with Gasteiger partial charge in [-0.1, -0.05) is 0 Å². The summed E-state index contributed by atoms with van der Waals surface area (Å²) < 4.78 is 0. The van der Waals surface area contributed by atoms with Gasteiger partial charge in [-0.15, -0.1) is 0 Å². The minimum atomic E-state index is -0.981. The van der Waals surface area contributed by atoms with Crippen LogP contribution < -0.4 is 10.6 Å². The van der Waals surface area contributed by atoms with Crippen molar-refractivity contribution in [2.75, 3.05) is 36.9 Å². The first-order valence-corrected chi connectivity index (χ1v) is 5.82. The number of carbonyl (C=O) groups is 1. The molecule has 2 rings (SSSR count). The van der Waals surface area contributed by atoms with Crippen LogP contribution in [-0.2, 0) is 0 Å². The van der Waals surface area contributed by atoms with Gasteiger partial charge in [-0.2, -0.15) is 0 Å². The average Bonchev–Trinajstić information content (AvgIpc) is 2.38. The van der Waals surface area contributed by atoms with Crippen molar-refractivity contribution < 1.29 is 15.0 Å². The van der Waals surface area contributed by atoms with Crippen molar-refractivity contribution in [1.29, 1.82) is 0 Å². The Kier molecular flexibility index (Phi) is 3.57. The van der Waals surface area contributed by atoms with Crippen molar-refractivity contribution >= 4 is 17.5 Å². The smallest absolute Gasteiger partial charge is 0.407 e. The molecule has 1 aliphatic rings. The zero-order chi connectivity index (χ0) is 13.1. The summed E-state index contributed by atoms with van der Waals surface area (Å²) in [6, 6.07) is 7.05. The molecule has 0 unspecified atom stereocenters. The van der Waals surface area contributed by atoms with Crippen molar-refractivity contribution in [3.8, 4) is 0 Å². The summed E-state index contributed by atoms with van der Waals surface area (Å²) in [5.41, 5.74) is 7.32. The SMILES string of the molecule is Nc1ccc(N2CCN(C(=O)O)[C@H](CO)C2)cc1. The first-order valence-electron chi connectivity index (χ1n) is 5.82. The van der Waals surface area contributed by atoms with Crippen LogP contribution in [0.25, 0.3) is 0 Å². The van der Waals surface area contributed by atoms with E-state index in [1.807, 2.05) is 24.3 Å². The van der Waals surface area contributed by atoms with Gasteiger partial charge in [-0.3, -0.25) is 4.90 Å². The van der Waals surface area contributed by atoms with Crippen LogP contribution in [0.15, 0.2) is 24.3 Å². The molecule has 0 saturated carbocycles. The Balaban J connectivity index is 2.09. The van der Waals surface area contributed by atoms with E-state index in [1.54, 1.807) is 0 Å². The molecule has 0 radical (unpaired) electrons. The predicted molar refractivity (Wildman–Crippen MR) is 68.7 cm³/mol. The van der Waals surface area contributed by atoms with Gasteiger partial charge in [-0.05, 0) is 24.3 Å². The van der Waals surface area contributed by atoms with Crippen LogP contribution in [0.5, 0.6) is 0 Å². The van der Waals surface area contributed by atoms with Gasteiger partial charge >= 0.3 is 6.09 Å². The van der Waals surface area contributed by atoms with E-state index in [2.05, 4.69) is 4.90 Å². The van der Waals surface area contributed by atoms with E-state index in [0.717, 1.165) is 5.69 Å². The molecule has 1 aromatic carbocycles. The van der Waals surface area contributed by atoms with Crippen LogP contribution in [0.1, 0.15) is 0 Å². The van der Waals surface area contributed by atoms with Crippen LogP contribution in [0.4, 0.5) is 16.2 Å². The molecule has 6 nitrogen and oxygen atoms in total. The number of aliphatic hydroxyl groups is 1. The second-order valence-electron chi connectivity index (χ2n) is 4.35. The molecule has 98 valence electrons. The van der Waals surface area contributed by atoms with Gasteiger partial charge in [0.25, 0.3) is 0 Å². The van der Waals surface area contributed by atoms with Crippen LogP contribution in [0, 0.1) is 0 Å². The highest BCUT2D eigenvalue weighted by Crippen LogP contribution is 2.20. The minimum absolute atomic E-state index is 0.169. The van der Waals surface area contributed by atoms with Crippen LogP contribution in [0.2, 0.25) is 0 Å². The maximum Gasteiger partial charge on any atom is 0.407 e. The van der Waals surface area contributed by atoms with Gasteiger partial charge in [0, 0.05) is 31.0 Å². The lowest BCUT2D eigenvalue weighted by Gasteiger charge is -2.40. The van der Waals surface area contributed by atoms with Crippen LogP contribution in [-0.4, -0.2) is 53.5 Å². The molecule has 6 heteroatoms. The number of nitrogens with two attached hydrogens (primary N) is 1. The molecule has 0 aromatic heterocycles. The summed E-state index contributed by atoms with van der Waals surface area (Å²) >= 11 is 0. The number of hydrogen-bond acceptors (Lipinski definition) is 4. The van der Waals surface area contributed by atoms with E-state index < -0.39 is 6.09 Å². The zero-order valence-corrected chi connectivity index (χ0v) is 9.99. The van der Waals surface area contributed by atoms with Crippen molar-refractivity contribution in [1.82, 2.24) is 4.90 Å². The summed E-state index contributed by atoms with van der Waals surface area (Å²) in [5, 5.41) is 18.3. The van der Waals surface area contributed by atoms with Gasteiger partial charge in [0.1, 0.15) is 0 Å². The molecule has 18 heavy (non-hydrogen) atoms. The number of piperazine rings is 1. The summed E-state index contributed by atoms with van der Waals surface area (Å²) in [4.78, 5) is 14.3. The van der Waals surface area contributed by atoms with Crippen molar-refractivity contribution in [3.05, 3.63) is 24.3 Å². The number of anilines is 2. The number of rotatable bonds is 2. The minimum Gasteiger partial charge on any atom is -0.465 e. The van der Waals surface area contributed by atoms with Gasteiger partial charge in [-0.25, -0.2) is 4.79 Å². The third kappa shape index (κ3) is 2.48. The monoisotopic (exact) mass is 251 g/mol. The lowest BCUT2D eigenvalue weighted by Crippen LogP contribution is -2.56. The molecule has 0 bridgehead atoms. The Hall–Kier alpha value is -1.95. The van der Waals surface area contributed by atoms with Crippen LogP contribution >= 0.6 is 0 Å². The first kappa shape index (κ1) is 12.5. The van der Waals surface area contributed by atoms with Crippen molar-refractivity contribution in [3.63, 3.8) is 0 Å². The number of nitrogens with zero attached hydrogens (tertiary/aromatic N) is 2. The maximum atomic E-state index is 11.0. The Morgan fingerprint density at radius 1 is 1.33 bits per heavy atom. The normalized spacial score (nSPS) is 19.9. The second-order valence-corrected chi connectivity index (χ2v) is 4.35. The standard InChI is InChI=1S/C12H17N3O3/c13-9-1-3-10(4-2-9)14-5-6-15(12(17)18)11(7-14)8-16/h1-4,11,16H,5-8,13H2,(H,17,18)/t11-/m0/s1. The fourth-order valence-electron chi connectivity index (χ4n) is 2.18. The molecular weight excluding hydrogens is 234 g/mol. The quantitative estimate of drug-likeness (QED) is 0.663. The van der Waals surface area contributed by atoms with Crippen molar-refractivity contribution in [2.24, 2.45) is 0 Å². The van der Waals surface area contributed by atoms with Crippen molar-refractivity contribution in [2.45, 2.75) is 6.04 Å². The number of nitrogen functional groups attached to an aromatic ring is 1. The van der Waals surface area contributed by atoms with E-state index >= 15 is 0 Å².